The van der Waals surface area contributed by atoms with Gasteiger partial charge in [0.05, 0.1) is 19.3 Å². The summed E-state index contributed by atoms with van der Waals surface area (Å²) >= 11 is 0. The zero-order chi connectivity index (χ0) is 16.9. The second-order valence-electron chi connectivity index (χ2n) is 5.61. The van der Waals surface area contributed by atoms with Gasteiger partial charge in [-0.1, -0.05) is 0 Å². The molecule has 0 unspecified atom stereocenters. The van der Waals surface area contributed by atoms with Crippen LogP contribution in [0.5, 0.6) is 0 Å². The summed E-state index contributed by atoms with van der Waals surface area (Å²) in [6.45, 7) is 9.85. The van der Waals surface area contributed by atoms with Crippen LogP contribution < -0.4 is 10.6 Å². The number of carbonyl (C=O) groups is 1. The lowest BCUT2D eigenvalue weighted by molar-refractivity contribution is -0.117. The third kappa shape index (κ3) is 9.18. The lowest BCUT2D eigenvalue weighted by atomic mass is 10.3. The summed E-state index contributed by atoms with van der Waals surface area (Å²) in [7, 11) is 0. The minimum Gasteiger partial charge on any atom is -0.390 e. The predicted molar refractivity (Wildman–Crippen MR) is 87.7 cm³/mol. The molecule has 7 nitrogen and oxygen atoms in total. The molecule has 0 aromatic carbocycles. The molecule has 0 aromatic rings. The summed E-state index contributed by atoms with van der Waals surface area (Å²) in [6, 6.07) is 1.92. The first-order chi connectivity index (χ1) is 11.1. The van der Waals surface area contributed by atoms with Crippen LogP contribution in [0.3, 0.4) is 0 Å². The lowest BCUT2D eigenvalue weighted by Gasteiger charge is -2.26. The molecule has 130 valence electrons. The molecule has 0 saturated carbocycles. The van der Waals surface area contributed by atoms with Crippen LogP contribution in [0.2, 0.25) is 0 Å². The van der Waals surface area contributed by atoms with Crippen molar-refractivity contribution in [2.45, 2.75) is 26.4 Å². The topological polar surface area (TPSA) is 86.6 Å². The van der Waals surface area contributed by atoms with Gasteiger partial charge in [-0.3, -0.25) is 9.69 Å². The Morgan fingerprint density at radius 1 is 1.39 bits per heavy atom. The Hall–Kier alpha value is -1.62. The number of nitriles is 1. The molecule has 1 heterocycles. The van der Waals surface area contributed by atoms with E-state index in [0.717, 1.165) is 39.3 Å². The maximum Gasteiger partial charge on any atom is 0.263 e. The molecule has 0 bridgehead atoms. The third-order valence-electron chi connectivity index (χ3n) is 3.35. The number of nitrogens with one attached hydrogen (secondary N) is 2. The van der Waals surface area contributed by atoms with Gasteiger partial charge in [0.1, 0.15) is 11.6 Å². The Balaban J connectivity index is 2.17. The number of rotatable bonds is 10. The summed E-state index contributed by atoms with van der Waals surface area (Å²) in [5.41, 5.74) is 0.0942. The highest BCUT2D eigenvalue weighted by atomic mass is 16.5. The minimum absolute atomic E-state index is 0.0942. The number of amides is 1. The molecule has 7 heteroatoms. The first-order valence-electron chi connectivity index (χ1n) is 8.17. The highest BCUT2D eigenvalue weighted by Crippen LogP contribution is 1.96. The van der Waals surface area contributed by atoms with E-state index in [0.29, 0.717) is 19.7 Å². The maximum absolute atomic E-state index is 11.9. The fourth-order valence-electron chi connectivity index (χ4n) is 2.06. The van der Waals surface area contributed by atoms with Gasteiger partial charge in [0.2, 0.25) is 0 Å². The van der Waals surface area contributed by atoms with Gasteiger partial charge in [-0.15, -0.1) is 0 Å². The molecule has 0 radical (unpaired) electrons. The van der Waals surface area contributed by atoms with E-state index in [2.05, 4.69) is 15.5 Å². The summed E-state index contributed by atoms with van der Waals surface area (Å²) in [6.07, 6.45) is 2.52. The maximum atomic E-state index is 11.9. The summed E-state index contributed by atoms with van der Waals surface area (Å²) in [4.78, 5) is 14.1. The molecule has 23 heavy (non-hydrogen) atoms. The van der Waals surface area contributed by atoms with Crippen molar-refractivity contribution >= 4 is 5.91 Å². The molecule has 0 aliphatic carbocycles. The van der Waals surface area contributed by atoms with E-state index in [9.17, 15) is 4.79 Å². The highest BCUT2D eigenvalue weighted by Gasteiger charge is 2.12. The van der Waals surface area contributed by atoms with Crippen molar-refractivity contribution in [3.63, 3.8) is 0 Å². The standard InChI is InChI=1S/C16H28N4O3/c1-14(2)23-9-3-4-18-13-15(12-17)16(21)19-5-6-20-7-10-22-11-8-20/h13-14,18H,3-11H2,1-2H3,(H,19,21)/b15-13-. The Kier molecular flexibility index (Phi) is 10.0. The molecule has 1 rings (SSSR count). The van der Waals surface area contributed by atoms with Crippen molar-refractivity contribution in [2.24, 2.45) is 0 Å². The van der Waals surface area contributed by atoms with E-state index >= 15 is 0 Å². The van der Waals surface area contributed by atoms with E-state index in [1.165, 1.54) is 6.20 Å². The Morgan fingerprint density at radius 2 is 2.13 bits per heavy atom. The second-order valence-corrected chi connectivity index (χ2v) is 5.61. The molecule has 1 aliphatic rings. The summed E-state index contributed by atoms with van der Waals surface area (Å²) in [5.74, 6) is -0.341. The number of morpholine rings is 1. The van der Waals surface area contributed by atoms with Crippen LogP contribution in [0.25, 0.3) is 0 Å². The molecule has 0 atom stereocenters. The third-order valence-corrected chi connectivity index (χ3v) is 3.35. The molecule has 1 amide bonds. The van der Waals surface area contributed by atoms with E-state index in [-0.39, 0.29) is 17.6 Å². The molecule has 1 saturated heterocycles. The minimum atomic E-state index is -0.341. The SMILES string of the molecule is CC(C)OCCCN/C=C(/C#N)C(=O)NCCN1CCOCC1. The van der Waals surface area contributed by atoms with Gasteiger partial charge in [0.15, 0.2) is 0 Å². The summed E-state index contributed by atoms with van der Waals surface area (Å²) in [5, 5.41) is 14.8. The Morgan fingerprint density at radius 3 is 2.78 bits per heavy atom. The number of hydrogen-bond donors (Lipinski definition) is 2. The van der Waals surface area contributed by atoms with Gasteiger partial charge < -0.3 is 20.1 Å². The van der Waals surface area contributed by atoms with Crippen molar-refractivity contribution < 1.29 is 14.3 Å². The number of ether oxygens (including phenoxy) is 2. The van der Waals surface area contributed by atoms with Crippen LogP contribution in [0.15, 0.2) is 11.8 Å². The first kappa shape index (κ1) is 19.4. The van der Waals surface area contributed by atoms with E-state index in [4.69, 9.17) is 14.7 Å². The van der Waals surface area contributed by atoms with Crippen LogP contribution in [-0.2, 0) is 14.3 Å². The van der Waals surface area contributed by atoms with E-state index in [1.54, 1.807) is 0 Å². The van der Waals surface area contributed by atoms with Crippen molar-refractivity contribution in [3.05, 3.63) is 11.8 Å². The fraction of sp³-hybridized carbons (Fsp3) is 0.750. The van der Waals surface area contributed by atoms with Crippen LogP contribution >= 0.6 is 0 Å². The Labute approximate surface area is 138 Å². The summed E-state index contributed by atoms with van der Waals surface area (Å²) < 4.78 is 10.7. The van der Waals surface area contributed by atoms with Crippen molar-refractivity contribution in [1.82, 2.24) is 15.5 Å². The van der Waals surface area contributed by atoms with Crippen LogP contribution in [0, 0.1) is 11.3 Å². The zero-order valence-electron chi connectivity index (χ0n) is 14.1. The van der Waals surface area contributed by atoms with Crippen LogP contribution in [0.4, 0.5) is 0 Å². The second kappa shape index (κ2) is 11.9. The van der Waals surface area contributed by atoms with Gasteiger partial charge in [-0.05, 0) is 20.3 Å². The van der Waals surface area contributed by atoms with E-state index in [1.807, 2.05) is 19.9 Å². The van der Waals surface area contributed by atoms with Crippen LogP contribution in [-0.4, -0.2) is 69.5 Å². The fourth-order valence-corrected chi connectivity index (χ4v) is 2.06. The average Bonchev–Trinajstić information content (AvgIpc) is 2.55. The molecule has 1 aliphatic heterocycles. The lowest BCUT2D eigenvalue weighted by Crippen LogP contribution is -2.41. The van der Waals surface area contributed by atoms with E-state index < -0.39 is 0 Å². The van der Waals surface area contributed by atoms with Gasteiger partial charge in [-0.25, -0.2) is 0 Å². The molecule has 0 spiro atoms. The molecule has 1 fully saturated rings. The molecule has 2 N–H and O–H groups in total. The molecule has 0 aromatic heterocycles. The quantitative estimate of drug-likeness (QED) is 0.340. The molecular formula is C16H28N4O3. The smallest absolute Gasteiger partial charge is 0.263 e. The van der Waals surface area contributed by atoms with Gasteiger partial charge >= 0.3 is 0 Å². The monoisotopic (exact) mass is 324 g/mol. The van der Waals surface area contributed by atoms with Gasteiger partial charge in [0.25, 0.3) is 5.91 Å². The van der Waals surface area contributed by atoms with Crippen LogP contribution in [0.1, 0.15) is 20.3 Å². The zero-order valence-corrected chi connectivity index (χ0v) is 14.1. The average molecular weight is 324 g/mol. The van der Waals surface area contributed by atoms with Gasteiger partial charge in [-0.2, -0.15) is 5.26 Å². The van der Waals surface area contributed by atoms with Crippen molar-refractivity contribution in [1.29, 1.82) is 5.26 Å². The first-order valence-corrected chi connectivity index (χ1v) is 8.17. The number of hydrogen-bond acceptors (Lipinski definition) is 6. The predicted octanol–water partition coefficient (Wildman–Crippen LogP) is 0.247. The molecular weight excluding hydrogens is 296 g/mol. The number of carbonyl (C=O) groups excluding carboxylic acids is 1. The van der Waals surface area contributed by atoms with Gasteiger partial charge in [0, 0.05) is 45.5 Å². The van der Waals surface area contributed by atoms with Crippen molar-refractivity contribution in [3.8, 4) is 6.07 Å². The largest absolute Gasteiger partial charge is 0.390 e. The highest BCUT2D eigenvalue weighted by molar-refractivity contribution is 5.97. The number of nitrogens with zero attached hydrogens (tertiary/aromatic N) is 2. The van der Waals surface area contributed by atoms with Crippen molar-refractivity contribution in [2.75, 3.05) is 52.5 Å². The Bertz CT molecular complexity index is 412. The normalized spacial score (nSPS) is 16.2.